The van der Waals surface area contributed by atoms with Gasteiger partial charge >= 0.3 is 5.97 Å². The van der Waals surface area contributed by atoms with E-state index in [-0.39, 0.29) is 17.1 Å². The number of ether oxygens (including phenoxy) is 1. The molecule has 1 unspecified atom stereocenters. The molecule has 0 radical (unpaired) electrons. The molecular weight excluding hydrogens is 396 g/mol. The molecule has 1 aromatic carbocycles. The van der Waals surface area contributed by atoms with Crippen LogP contribution in [-0.4, -0.2) is 44.1 Å². The lowest BCUT2D eigenvalue weighted by molar-refractivity contribution is -0.137. The number of sulfonamides is 1. The number of benzene rings is 1. The molecule has 1 rings (SSSR count). The van der Waals surface area contributed by atoms with E-state index in [0.29, 0.717) is 12.0 Å². The standard InChI is InChI=1S/C20H30N2O6S/c1-6-7-15(13-19(24)25)21-18(23)11-9-14-8-10-16(28-5)17(12-14)29(26,27)22-20(2,3)4/h8-12,15,22H,6-7,13H2,1-5H3,(H,21,23)(H,24,25). The first-order valence-corrected chi connectivity index (χ1v) is 10.8. The van der Waals surface area contributed by atoms with Crippen LogP contribution < -0.4 is 14.8 Å². The summed E-state index contributed by atoms with van der Waals surface area (Å²) >= 11 is 0. The van der Waals surface area contributed by atoms with Crippen LogP contribution in [0.1, 0.15) is 52.5 Å². The second-order valence-corrected chi connectivity index (χ2v) is 9.34. The van der Waals surface area contributed by atoms with Gasteiger partial charge in [-0.05, 0) is 51.0 Å². The molecule has 3 N–H and O–H groups in total. The van der Waals surface area contributed by atoms with E-state index in [1.54, 1.807) is 26.8 Å². The Morgan fingerprint density at radius 2 is 1.93 bits per heavy atom. The number of carbonyl (C=O) groups excluding carboxylic acids is 1. The van der Waals surface area contributed by atoms with E-state index >= 15 is 0 Å². The zero-order valence-electron chi connectivity index (χ0n) is 17.5. The van der Waals surface area contributed by atoms with Crippen LogP contribution in [-0.2, 0) is 19.6 Å². The maximum absolute atomic E-state index is 12.7. The second-order valence-electron chi connectivity index (χ2n) is 7.69. The topological polar surface area (TPSA) is 122 Å². The zero-order valence-corrected chi connectivity index (χ0v) is 18.3. The Labute approximate surface area is 172 Å². The number of methoxy groups -OCH3 is 1. The van der Waals surface area contributed by atoms with Crippen LogP contribution >= 0.6 is 0 Å². The largest absolute Gasteiger partial charge is 0.495 e. The van der Waals surface area contributed by atoms with E-state index in [2.05, 4.69) is 10.0 Å². The van der Waals surface area contributed by atoms with Crippen molar-refractivity contribution in [2.45, 2.75) is 63.4 Å². The maximum Gasteiger partial charge on any atom is 0.305 e. The van der Waals surface area contributed by atoms with E-state index < -0.39 is 33.5 Å². The smallest absolute Gasteiger partial charge is 0.305 e. The molecule has 0 aliphatic carbocycles. The van der Waals surface area contributed by atoms with Gasteiger partial charge in [0.25, 0.3) is 0 Å². The van der Waals surface area contributed by atoms with Crippen molar-refractivity contribution in [1.29, 1.82) is 0 Å². The third-order valence-corrected chi connectivity index (χ3v) is 5.53. The molecule has 0 spiro atoms. The molecule has 0 fully saturated rings. The number of nitrogens with one attached hydrogen (secondary N) is 2. The molecule has 8 nitrogen and oxygen atoms in total. The predicted octanol–water partition coefficient (Wildman–Crippen LogP) is 2.54. The number of aliphatic carboxylic acids is 1. The van der Waals surface area contributed by atoms with E-state index in [1.807, 2.05) is 6.92 Å². The van der Waals surface area contributed by atoms with Gasteiger partial charge in [0.2, 0.25) is 15.9 Å². The lowest BCUT2D eigenvalue weighted by Gasteiger charge is -2.21. The Hall–Kier alpha value is -2.39. The molecule has 1 amide bonds. The van der Waals surface area contributed by atoms with Crippen LogP contribution in [0.2, 0.25) is 0 Å². The Morgan fingerprint density at radius 1 is 1.28 bits per heavy atom. The first-order chi connectivity index (χ1) is 13.4. The van der Waals surface area contributed by atoms with Gasteiger partial charge in [0.1, 0.15) is 10.6 Å². The summed E-state index contributed by atoms with van der Waals surface area (Å²) in [5, 5.41) is 11.6. The summed E-state index contributed by atoms with van der Waals surface area (Å²) in [6.45, 7) is 7.10. The lowest BCUT2D eigenvalue weighted by Crippen LogP contribution is -2.40. The Balaban J connectivity index is 3.05. The molecule has 0 saturated heterocycles. The molecule has 0 bridgehead atoms. The summed E-state index contributed by atoms with van der Waals surface area (Å²) < 4.78 is 33.1. The Kier molecular flexibility index (Phi) is 8.84. The van der Waals surface area contributed by atoms with Crippen molar-refractivity contribution in [1.82, 2.24) is 10.0 Å². The zero-order chi connectivity index (χ0) is 22.2. The summed E-state index contributed by atoms with van der Waals surface area (Å²) in [5.74, 6) is -1.24. The molecule has 0 aliphatic heterocycles. The molecule has 0 heterocycles. The van der Waals surface area contributed by atoms with Crippen molar-refractivity contribution in [2.24, 2.45) is 0 Å². The number of rotatable bonds is 10. The lowest BCUT2D eigenvalue weighted by atomic mass is 10.1. The van der Waals surface area contributed by atoms with Gasteiger partial charge in [0.05, 0.1) is 13.5 Å². The van der Waals surface area contributed by atoms with Crippen molar-refractivity contribution in [2.75, 3.05) is 7.11 Å². The highest BCUT2D eigenvalue weighted by atomic mass is 32.2. The molecule has 29 heavy (non-hydrogen) atoms. The average Bonchev–Trinajstić information content (AvgIpc) is 2.57. The third kappa shape index (κ3) is 8.66. The molecule has 9 heteroatoms. The van der Waals surface area contributed by atoms with Crippen molar-refractivity contribution >= 4 is 28.0 Å². The van der Waals surface area contributed by atoms with E-state index in [9.17, 15) is 18.0 Å². The quantitative estimate of drug-likeness (QED) is 0.494. The van der Waals surface area contributed by atoms with Crippen molar-refractivity contribution in [3.05, 3.63) is 29.8 Å². The molecule has 0 aromatic heterocycles. The summed E-state index contributed by atoms with van der Waals surface area (Å²) in [7, 11) is -2.46. The monoisotopic (exact) mass is 426 g/mol. The number of hydrogen-bond donors (Lipinski definition) is 3. The Morgan fingerprint density at radius 3 is 2.45 bits per heavy atom. The first-order valence-electron chi connectivity index (χ1n) is 9.30. The van der Waals surface area contributed by atoms with Gasteiger partial charge in [-0.25, -0.2) is 13.1 Å². The van der Waals surface area contributed by atoms with Gasteiger partial charge in [-0.15, -0.1) is 0 Å². The van der Waals surface area contributed by atoms with Crippen LogP contribution in [0.15, 0.2) is 29.2 Å². The maximum atomic E-state index is 12.7. The highest BCUT2D eigenvalue weighted by Crippen LogP contribution is 2.26. The van der Waals surface area contributed by atoms with E-state index in [1.165, 1.54) is 31.4 Å². The Bertz CT molecular complexity index is 856. The third-order valence-electron chi connectivity index (χ3n) is 3.75. The fourth-order valence-corrected chi connectivity index (χ4v) is 4.29. The number of amides is 1. The number of carbonyl (C=O) groups is 2. The SMILES string of the molecule is CCCC(CC(=O)O)NC(=O)C=Cc1ccc(OC)c(S(=O)(=O)NC(C)(C)C)c1. The van der Waals surface area contributed by atoms with Gasteiger partial charge in [-0.2, -0.15) is 0 Å². The highest BCUT2D eigenvalue weighted by molar-refractivity contribution is 7.89. The minimum atomic E-state index is -3.84. The minimum Gasteiger partial charge on any atom is -0.495 e. The number of hydrogen-bond acceptors (Lipinski definition) is 5. The van der Waals surface area contributed by atoms with Crippen molar-refractivity contribution in [3.8, 4) is 5.75 Å². The van der Waals surface area contributed by atoms with E-state index in [0.717, 1.165) is 6.42 Å². The second kappa shape index (κ2) is 10.4. The van der Waals surface area contributed by atoms with Crippen LogP contribution in [0.3, 0.4) is 0 Å². The first kappa shape index (κ1) is 24.6. The normalized spacial score (nSPS) is 13.3. The summed E-state index contributed by atoms with van der Waals surface area (Å²) in [6.07, 6.45) is 3.85. The predicted molar refractivity (Wildman–Crippen MR) is 111 cm³/mol. The summed E-state index contributed by atoms with van der Waals surface area (Å²) in [5.41, 5.74) is -0.186. The molecule has 0 aliphatic rings. The van der Waals surface area contributed by atoms with Gasteiger partial charge < -0.3 is 15.2 Å². The van der Waals surface area contributed by atoms with Crippen LogP contribution in [0, 0.1) is 0 Å². The average molecular weight is 427 g/mol. The molecule has 1 aromatic rings. The van der Waals surface area contributed by atoms with E-state index in [4.69, 9.17) is 9.84 Å². The molecule has 162 valence electrons. The van der Waals surface area contributed by atoms with Crippen LogP contribution in [0.4, 0.5) is 0 Å². The fraction of sp³-hybridized carbons (Fsp3) is 0.500. The molecule has 1 atom stereocenters. The highest BCUT2D eigenvalue weighted by Gasteiger charge is 2.25. The summed E-state index contributed by atoms with van der Waals surface area (Å²) in [4.78, 5) is 23.0. The van der Waals surface area contributed by atoms with Crippen molar-refractivity contribution < 1.29 is 27.9 Å². The minimum absolute atomic E-state index is 0.0350. The number of carboxylic acid groups (broad SMARTS) is 1. The molecular formula is C20H30N2O6S. The van der Waals surface area contributed by atoms with Gasteiger partial charge in [0.15, 0.2) is 0 Å². The number of carboxylic acids is 1. The summed E-state index contributed by atoms with van der Waals surface area (Å²) in [6, 6.07) is 4.09. The molecule has 0 saturated carbocycles. The van der Waals surface area contributed by atoms with Gasteiger partial charge in [-0.3, -0.25) is 9.59 Å². The van der Waals surface area contributed by atoms with Crippen LogP contribution in [0.25, 0.3) is 6.08 Å². The fourth-order valence-electron chi connectivity index (χ4n) is 2.67. The van der Waals surface area contributed by atoms with Crippen LogP contribution in [0.5, 0.6) is 5.75 Å². The van der Waals surface area contributed by atoms with Gasteiger partial charge in [-0.1, -0.05) is 19.4 Å². The van der Waals surface area contributed by atoms with Gasteiger partial charge in [0, 0.05) is 17.7 Å². The van der Waals surface area contributed by atoms with Crippen molar-refractivity contribution in [3.63, 3.8) is 0 Å².